The number of hydrogen-bond acceptors (Lipinski definition) is 4. The lowest BCUT2D eigenvalue weighted by Gasteiger charge is -2.25. The van der Waals surface area contributed by atoms with E-state index >= 15 is 0 Å². The van der Waals surface area contributed by atoms with Crippen LogP contribution in [-0.2, 0) is 0 Å². The van der Waals surface area contributed by atoms with Gasteiger partial charge in [0.15, 0.2) is 5.84 Å². The summed E-state index contributed by atoms with van der Waals surface area (Å²) >= 11 is 0. The number of benzene rings is 11. The van der Waals surface area contributed by atoms with Gasteiger partial charge in [-0.3, -0.25) is 0 Å². The minimum Gasteiger partial charge on any atom is -0.455 e. The highest BCUT2D eigenvalue weighted by atomic mass is 16.3. The number of hydrogen-bond donors (Lipinski definition) is 1. The van der Waals surface area contributed by atoms with Gasteiger partial charge in [0.1, 0.15) is 23.2 Å². The number of aromatic nitrogens is 1. The summed E-state index contributed by atoms with van der Waals surface area (Å²) in [6.07, 6.45) is -0.504. The fourth-order valence-corrected chi connectivity index (χ4v) is 10.4. The summed E-state index contributed by atoms with van der Waals surface area (Å²) in [4.78, 5) is 10.9. The molecule has 298 valence electrons. The second kappa shape index (κ2) is 13.5. The van der Waals surface area contributed by atoms with Crippen molar-refractivity contribution in [1.82, 2.24) is 9.88 Å². The van der Waals surface area contributed by atoms with E-state index in [0.29, 0.717) is 5.84 Å². The predicted octanol–water partition coefficient (Wildman–Crippen LogP) is 14.9. The van der Waals surface area contributed by atoms with Crippen molar-refractivity contribution in [3.8, 4) is 5.69 Å². The van der Waals surface area contributed by atoms with Crippen LogP contribution in [0, 0.1) is 0 Å². The Morgan fingerprint density at radius 3 is 1.89 bits per heavy atom. The van der Waals surface area contributed by atoms with E-state index in [4.69, 9.17) is 14.4 Å². The Morgan fingerprint density at radius 2 is 1.08 bits per heavy atom. The highest BCUT2D eigenvalue weighted by Gasteiger charge is 2.27. The normalized spacial score (nSPS) is 14.4. The fourth-order valence-electron chi connectivity index (χ4n) is 10.4. The molecule has 0 radical (unpaired) electrons. The molecule has 0 spiro atoms. The van der Waals surface area contributed by atoms with Crippen molar-refractivity contribution in [2.75, 3.05) is 0 Å². The summed E-state index contributed by atoms with van der Waals surface area (Å²) in [6.45, 7) is 0. The van der Waals surface area contributed by atoms with Crippen LogP contribution in [-0.4, -0.2) is 16.2 Å². The van der Waals surface area contributed by atoms with Gasteiger partial charge in [0.25, 0.3) is 0 Å². The van der Waals surface area contributed by atoms with Gasteiger partial charge in [-0.15, -0.1) is 0 Å². The van der Waals surface area contributed by atoms with Crippen LogP contribution in [0.2, 0.25) is 0 Å². The first-order chi connectivity index (χ1) is 31.7. The Morgan fingerprint density at radius 1 is 0.438 bits per heavy atom. The molecule has 5 heteroatoms. The summed E-state index contributed by atoms with van der Waals surface area (Å²) in [6, 6.07) is 73.9. The van der Waals surface area contributed by atoms with E-state index in [-0.39, 0.29) is 0 Å². The second-order valence-electron chi connectivity index (χ2n) is 16.9. The van der Waals surface area contributed by atoms with Crippen LogP contribution in [0.3, 0.4) is 0 Å². The minimum absolute atomic E-state index is 0.504. The lowest BCUT2D eigenvalue weighted by Crippen LogP contribution is -2.33. The van der Waals surface area contributed by atoms with Crippen molar-refractivity contribution in [3.63, 3.8) is 0 Å². The molecule has 1 N–H and O–H groups in total. The van der Waals surface area contributed by atoms with E-state index in [9.17, 15) is 0 Å². The average molecular weight is 817 g/mol. The third-order valence-corrected chi connectivity index (χ3v) is 13.3. The predicted molar refractivity (Wildman–Crippen MR) is 267 cm³/mol. The molecule has 1 aliphatic heterocycles. The quantitative estimate of drug-likeness (QED) is 0.180. The van der Waals surface area contributed by atoms with Crippen molar-refractivity contribution in [3.05, 3.63) is 223 Å². The zero-order valence-corrected chi connectivity index (χ0v) is 34.5. The van der Waals surface area contributed by atoms with Crippen LogP contribution in [0.5, 0.6) is 0 Å². The summed E-state index contributed by atoms with van der Waals surface area (Å²) in [5.41, 5.74) is 7.92. The molecule has 1 atom stereocenters. The molecule has 0 fully saturated rings. The lowest BCUT2D eigenvalue weighted by atomic mass is 9.96. The molecular formula is C59H36N4O. The highest BCUT2D eigenvalue weighted by molar-refractivity contribution is 6.26. The van der Waals surface area contributed by atoms with Crippen LogP contribution in [0.1, 0.15) is 22.9 Å². The van der Waals surface area contributed by atoms with E-state index in [1.807, 2.05) is 6.07 Å². The molecule has 64 heavy (non-hydrogen) atoms. The number of nitrogens with zero attached hydrogens (tertiary/aromatic N) is 3. The van der Waals surface area contributed by atoms with Crippen LogP contribution < -0.4 is 5.32 Å². The molecule has 0 saturated carbocycles. The van der Waals surface area contributed by atoms with Gasteiger partial charge < -0.3 is 14.3 Å². The van der Waals surface area contributed by atoms with Gasteiger partial charge in [-0.25, -0.2) is 9.98 Å². The Labute approximate surface area is 366 Å². The molecule has 11 aromatic carbocycles. The third-order valence-electron chi connectivity index (χ3n) is 13.3. The smallest absolute Gasteiger partial charge is 0.160 e. The van der Waals surface area contributed by atoms with Gasteiger partial charge in [-0.2, -0.15) is 0 Å². The van der Waals surface area contributed by atoms with Crippen molar-refractivity contribution in [2.45, 2.75) is 6.17 Å². The van der Waals surface area contributed by atoms with Crippen LogP contribution >= 0.6 is 0 Å². The van der Waals surface area contributed by atoms with E-state index in [2.05, 4.69) is 210 Å². The topological polar surface area (TPSA) is 54.8 Å². The van der Waals surface area contributed by atoms with Crippen LogP contribution in [0.4, 0.5) is 0 Å². The largest absolute Gasteiger partial charge is 0.455 e. The highest BCUT2D eigenvalue weighted by Crippen LogP contribution is 2.45. The van der Waals surface area contributed by atoms with Crippen LogP contribution in [0.25, 0.3) is 103 Å². The summed E-state index contributed by atoms with van der Waals surface area (Å²) in [5.74, 6) is 1.44. The van der Waals surface area contributed by atoms with E-state index in [0.717, 1.165) is 82.7 Å². The molecule has 14 rings (SSSR count). The Balaban J connectivity index is 1.09. The van der Waals surface area contributed by atoms with Gasteiger partial charge >= 0.3 is 0 Å². The maximum absolute atomic E-state index is 7.11. The Bertz CT molecular complexity index is 4170. The first kappa shape index (κ1) is 35.1. The maximum Gasteiger partial charge on any atom is 0.160 e. The first-order valence-electron chi connectivity index (χ1n) is 21.8. The summed E-state index contributed by atoms with van der Waals surface area (Å²) in [5, 5.41) is 20.1. The van der Waals surface area contributed by atoms with Gasteiger partial charge in [0.2, 0.25) is 0 Å². The summed E-state index contributed by atoms with van der Waals surface area (Å²) in [7, 11) is 0. The molecule has 3 heterocycles. The molecule has 1 unspecified atom stereocenters. The van der Waals surface area contributed by atoms with Crippen LogP contribution in [0.15, 0.2) is 221 Å². The number of fused-ring (bicyclic) bond motifs is 14. The number of amidine groups is 2. The number of aliphatic imine (C=N–C) groups is 2. The summed E-state index contributed by atoms with van der Waals surface area (Å²) < 4.78 is 9.58. The monoisotopic (exact) mass is 816 g/mol. The molecule has 0 saturated heterocycles. The van der Waals surface area contributed by atoms with E-state index in [1.165, 1.54) is 43.1 Å². The molecule has 1 aliphatic rings. The van der Waals surface area contributed by atoms with Gasteiger partial charge in [-0.05, 0) is 90.9 Å². The van der Waals surface area contributed by atoms with Gasteiger partial charge in [0, 0.05) is 38.2 Å². The standard InChI is InChI=1S/C59H36N4O/c1-2-16-37(17-3-1)57-60-58(62-59(61-57)48-31-40-20-8-9-21-42(40)45-24-12-13-25-46(45)48)41-33-52(55-47-28-26-36-15-7-11-23-44(36)56(47)64-53(55)34-41)63-50-29-27-35-14-6-10-22-43(35)54(50)49-30-38-18-4-5-19-39(38)32-51(49)63/h1-34,58H,(H,60,61,62). The molecule has 13 aromatic rings. The fraction of sp³-hybridized carbons (Fsp3) is 0.0169. The lowest BCUT2D eigenvalue weighted by molar-refractivity contribution is 0.656. The molecule has 0 bridgehead atoms. The van der Waals surface area contributed by atoms with Gasteiger partial charge in [-0.1, -0.05) is 164 Å². The van der Waals surface area contributed by atoms with Crippen molar-refractivity contribution in [1.29, 1.82) is 0 Å². The number of furan rings is 1. The molecule has 5 nitrogen and oxygen atoms in total. The molecule has 0 amide bonds. The molecule has 2 aromatic heterocycles. The maximum atomic E-state index is 7.11. The second-order valence-corrected chi connectivity index (χ2v) is 16.9. The van der Waals surface area contributed by atoms with Crippen molar-refractivity contribution < 1.29 is 4.42 Å². The van der Waals surface area contributed by atoms with E-state index in [1.54, 1.807) is 0 Å². The van der Waals surface area contributed by atoms with Gasteiger partial charge in [0.05, 0.1) is 22.1 Å². The first-order valence-corrected chi connectivity index (χ1v) is 21.8. The van der Waals surface area contributed by atoms with E-state index < -0.39 is 6.17 Å². The number of rotatable bonds is 4. The zero-order chi connectivity index (χ0) is 41.9. The molecule has 0 aliphatic carbocycles. The molecular weight excluding hydrogens is 781 g/mol. The average Bonchev–Trinajstić information content (AvgIpc) is 3.91. The van der Waals surface area contributed by atoms with Crippen molar-refractivity contribution in [2.24, 2.45) is 9.98 Å². The Hall–Kier alpha value is -8.54. The SMILES string of the molecule is c1ccc(C2=NC(c3cc4ccccc4c4ccccc34)=NC(c3cc(-n4c5cc6ccccc6cc5c5c6ccccc6ccc54)c4c(c3)oc3c5ccccc5ccc34)N2)cc1. The number of nitrogens with one attached hydrogen (secondary N) is 1. The Kier molecular flexibility index (Phi) is 7.39. The minimum atomic E-state index is -0.504. The third kappa shape index (κ3) is 5.18. The van der Waals surface area contributed by atoms with Crippen molar-refractivity contribution >= 4 is 109 Å². The zero-order valence-electron chi connectivity index (χ0n) is 34.5.